The van der Waals surface area contributed by atoms with Gasteiger partial charge < -0.3 is 9.80 Å². The minimum atomic E-state index is -0.316. The summed E-state index contributed by atoms with van der Waals surface area (Å²) < 4.78 is 13.7. The Bertz CT molecular complexity index is 550. The first-order valence-electron chi connectivity index (χ1n) is 7.46. The van der Waals surface area contributed by atoms with Crippen molar-refractivity contribution in [2.45, 2.75) is 38.6 Å². The van der Waals surface area contributed by atoms with Gasteiger partial charge in [0.15, 0.2) is 5.78 Å². The summed E-state index contributed by atoms with van der Waals surface area (Å²) in [5, 5.41) is 0. The number of aryl methyl sites for hydroxylation is 1. The van der Waals surface area contributed by atoms with Gasteiger partial charge in [-0.05, 0) is 64.9 Å². The highest BCUT2D eigenvalue weighted by Gasteiger charge is 2.40. The second-order valence-corrected chi connectivity index (χ2v) is 6.50. The molecule has 0 unspecified atom stereocenters. The third-order valence-electron chi connectivity index (χ3n) is 4.83. The van der Waals surface area contributed by atoms with Gasteiger partial charge in [0.1, 0.15) is 5.82 Å². The number of carbonyl (C=O) groups excluding carboxylic acids is 1. The van der Waals surface area contributed by atoms with Crippen LogP contribution < -0.4 is 4.90 Å². The van der Waals surface area contributed by atoms with Crippen LogP contribution in [0, 0.1) is 12.7 Å². The van der Waals surface area contributed by atoms with E-state index >= 15 is 0 Å². The average molecular weight is 292 g/mol. The topological polar surface area (TPSA) is 23.6 Å². The van der Waals surface area contributed by atoms with Gasteiger partial charge in [0.25, 0.3) is 0 Å². The van der Waals surface area contributed by atoms with E-state index in [0.29, 0.717) is 11.1 Å². The number of benzene rings is 1. The first-order chi connectivity index (χ1) is 9.77. The van der Waals surface area contributed by atoms with Crippen molar-refractivity contribution in [1.29, 1.82) is 0 Å². The molecule has 4 heteroatoms. The van der Waals surface area contributed by atoms with Gasteiger partial charge in [-0.1, -0.05) is 0 Å². The molecule has 3 nitrogen and oxygen atoms in total. The minimum Gasteiger partial charge on any atom is -0.372 e. The van der Waals surface area contributed by atoms with Crippen LogP contribution in [-0.4, -0.2) is 43.9 Å². The van der Waals surface area contributed by atoms with Crippen LogP contribution >= 0.6 is 0 Å². The number of halogens is 1. The summed E-state index contributed by atoms with van der Waals surface area (Å²) in [6.07, 6.45) is 3.58. The average Bonchev–Trinajstić information content (AvgIpc) is 2.35. The number of rotatable bonds is 5. The fourth-order valence-electron chi connectivity index (χ4n) is 3.12. The molecule has 0 radical (unpaired) electrons. The molecule has 0 aliphatic heterocycles. The third kappa shape index (κ3) is 2.95. The molecule has 0 aromatic heterocycles. The van der Waals surface area contributed by atoms with Gasteiger partial charge in [-0.25, -0.2) is 4.39 Å². The van der Waals surface area contributed by atoms with Crippen molar-refractivity contribution in [2.24, 2.45) is 0 Å². The number of ketones is 1. The predicted molar refractivity (Wildman–Crippen MR) is 84.7 cm³/mol. The maximum absolute atomic E-state index is 13.7. The van der Waals surface area contributed by atoms with E-state index in [1.54, 1.807) is 13.0 Å². The van der Waals surface area contributed by atoms with E-state index in [9.17, 15) is 9.18 Å². The van der Waals surface area contributed by atoms with Crippen LogP contribution in [0.2, 0.25) is 0 Å². The fraction of sp³-hybridized carbons (Fsp3) is 0.588. The van der Waals surface area contributed by atoms with Crippen LogP contribution in [0.15, 0.2) is 12.1 Å². The summed E-state index contributed by atoms with van der Waals surface area (Å²) in [4.78, 5) is 16.2. The van der Waals surface area contributed by atoms with E-state index in [-0.39, 0.29) is 17.1 Å². The fourth-order valence-corrected chi connectivity index (χ4v) is 3.12. The minimum absolute atomic E-state index is 0.0942. The highest BCUT2D eigenvalue weighted by atomic mass is 19.1. The molecule has 1 saturated carbocycles. The molecular formula is C17H25FN2O. The summed E-state index contributed by atoms with van der Waals surface area (Å²) in [6.45, 7) is 4.08. The van der Waals surface area contributed by atoms with Crippen LogP contribution in [0.3, 0.4) is 0 Å². The first kappa shape index (κ1) is 16.0. The molecule has 0 atom stereocenters. The molecule has 1 aromatic rings. The van der Waals surface area contributed by atoms with E-state index < -0.39 is 0 Å². The van der Waals surface area contributed by atoms with E-state index in [1.807, 2.05) is 7.05 Å². The molecule has 0 heterocycles. The van der Waals surface area contributed by atoms with Crippen molar-refractivity contribution in [3.63, 3.8) is 0 Å². The summed E-state index contributed by atoms with van der Waals surface area (Å²) in [5.74, 6) is -0.411. The SMILES string of the molecule is CC(=O)c1cc(F)c(C)cc1N(C)CC1(N(C)C)CCC1. The Balaban J connectivity index is 2.32. The molecule has 116 valence electrons. The van der Waals surface area contributed by atoms with Crippen molar-refractivity contribution < 1.29 is 9.18 Å². The molecule has 1 aromatic carbocycles. The van der Waals surface area contributed by atoms with Crippen molar-refractivity contribution in [3.05, 3.63) is 29.1 Å². The Morgan fingerprint density at radius 1 is 1.29 bits per heavy atom. The van der Waals surface area contributed by atoms with Crippen LogP contribution in [-0.2, 0) is 0 Å². The molecule has 0 spiro atoms. The quantitative estimate of drug-likeness (QED) is 0.778. The van der Waals surface area contributed by atoms with Crippen molar-refractivity contribution in [2.75, 3.05) is 32.6 Å². The summed E-state index contributed by atoms with van der Waals surface area (Å²) in [6, 6.07) is 3.15. The zero-order valence-corrected chi connectivity index (χ0v) is 13.7. The van der Waals surface area contributed by atoms with Crippen molar-refractivity contribution in [3.8, 4) is 0 Å². The first-order valence-corrected chi connectivity index (χ1v) is 7.46. The predicted octanol–water partition coefficient (Wildman–Crippen LogP) is 3.26. The lowest BCUT2D eigenvalue weighted by Gasteiger charge is -2.49. The lowest BCUT2D eigenvalue weighted by molar-refractivity contribution is 0.0682. The molecular weight excluding hydrogens is 267 g/mol. The second kappa shape index (κ2) is 5.76. The standard InChI is InChI=1S/C17H25FN2O/c1-12-9-16(14(13(2)21)10-15(12)18)20(5)11-17(19(3)4)7-6-8-17/h9-10H,6-8,11H2,1-5H3. The normalized spacial score (nSPS) is 16.7. The van der Waals surface area contributed by atoms with Crippen LogP contribution in [0.5, 0.6) is 0 Å². The Morgan fingerprint density at radius 3 is 2.33 bits per heavy atom. The number of carbonyl (C=O) groups is 1. The highest BCUT2D eigenvalue weighted by molar-refractivity contribution is 5.99. The molecule has 1 fully saturated rings. The Kier molecular flexibility index (Phi) is 4.38. The maximum Gasteiger partial charge on any atom is 0.161 e. The molecule has 0 N–H and O–H groups in total. The Morgan fingerprint density at radius 2 is 1.90 bits per heavy atom. The number of hydrogen-bond donors (Lipinski definition) is 0. The number of anilines is 1. The molecule has 0 bridgehead atoms. The van der Waals surface area contributed by atoms with Crippen LogP contribution in [0.1, 0.15) is 42.1 Å². The van der Waals surface area contributed by atoms with Crippen molar-refractivity contribution >= 4 is 11.5 Å². The van der Waals surface area contributed by atoms with Gasteiger partial charge in [0.2, 0.25) is 0 Å². The lowest BCUT2D eigenvalue weighted by atomic mass is 9.75. The van der Waals surface area contributed by atoms with Gasteiger partial charge in [-0.2, -0.15) is 0 Å². The number of hydrogen-bond acceptors (Lipinski definition) is 3. The molecule has 0 saturated heterocycles. The zero-order valence-electron chi connectivity index (χ0n) is 13.7. The summed E-state index contributed by atoms with van der Waals surface area (Å²) >= 11 is 0. The number of Topliss-reactive ketones (excluding diaryl/α,β-unsaturated/α-hetero) is 1. The highest BCUT2D eigenvalue weighted by Crippen LogP contribution is 2.38. The van der Waals surface area contributed by atoms with Crippen LogP contribution in [0.4, 0.5) is 10.1 Å². The summed E-state index contributed by atoms with van der Waals surface area (Å²) in [5.41, 5.74) is 2.04. The second-order valence-electron chi connectivity index (χ2n) is 6.50. The largest absolute Gasteiger partial charge is 0.372 e. The Labute approximate surface area is 126 Å². The summed E-state index contributed by atoms with van der Waals surface area (Å²) in [7, 11) is 6.20. The smallest absolute Gasteiger partial charge is 0.161 e. The van der Waals surface area contributed by atoms with Crippen LogP contribution in [0.25, 0.3) is 0 Å². The Hall–Kier alpha value is -1.42. The molecule has 1 aliphatic carbocycles. The molecule has 21 heavy (non-hydrogen) atoms. The number of likely N-dealkylation sites (N-methyl/N-ethyl adjacent to an activating group) is 2. The van der Waals surface area contributed by atoms with Gasteiger partial charge in [-0.3, -0.25) is 4.79 Å². The molecule has 1 aliphatic rings. The zero-order chi connectivity index (χ0) is 15.8. The molecule has 0 amide bonds. The van der Waals surface area contributed by atoms with E-state index in [0.717, 1.165) is 12.2 Å². The maximum atomic E-state index is 13.7. The van der Waals surface area contributed by atoms with Gasteiger partial charge >= 0.3 is 0 Å². The van der Waals surface area contributed by atoms with E-state index in [4.69, 9.17) is 0 Å². The van der Waals surface area contributed by atoms with Gasteiger partial charge in [-0.15, -0.1) is 0 Å². The van der Waals surface area contributed by atoms with E-state index in [2.05, 4.69) is 23.9 Å². The van der Waals surface area contributed by atoms with Gasteiger partial charge in [0, 0.05) is 30.4 Å². The van der Waals surface area contributed by atoms with Crippen molar-refractivity contribution in [1.82, 2.24) is 4.90 Å². The number of nitrogens with zero attached hydrogens (tertiary/aromatic N) is 2. The van der Waals surface area contributed by atoms with Gasteiger partial charge in [0.05, 0.1) is 0 Å². The molecule has 2 rings (SSSR count). The third-order valence-corrected chi connectivity index (χ3v) is 4.83. The lowest BCUT2D eigenvalue weighted by Crippen LogP contribution is -2.56. The monoisotopic (exact) mass is 292 g/mol. The van der Waals surface area contributed by atoms with E-state index in [1.165, 1.54) is 32.3 Å².